The summed E-state index contributed by atoms with van der Waals surface area (Å²) in [6, 6.07) is 5.33. The predicted octanol–water partition coefficient (Wildman–Crippen LogP) is 2.94. The molecule has 1 aliphatic heterocycles. The number of nitrogens with zero attached hydrogens (tertiary/aromatic N) is 4. The van der Waals surface area contributed by atoms with Crippen LogP contribution in [0, 0.1) is 11.7 Å². The highest BCUT2D eigenvalue weighted by Gasteiger charge is 2.46. The van der Waals surface area contributed by atoms with Crippen LogP contribution in [0.15, 0.2) is 53.1 Å². The topological polar surface area (TPSA) is 79.3 Å². The van der Waals surface area contributed by atoms with E-state index in [1.165, 1.54) is 21.6 Å². The number of fused-ring (bicyclic) bond motifs is 1. The van der Waals surface area contributed by atoms with Crippen LogP contribution in [-0.2, 0) is 11.3 Å². The van der Waals surface area contributed by atoms with Crippen molar-refractivity contribution in [1.29, 1.82) is 0 Å². The van der Waals surface area contributed by atoms with Crippen molar-refractivity contribution < 1.29 is 23.1 Å². The Kier molecular flexibility index (Phi) is 4.68. The molecule has 1 aliphatic carbocycles. The van der Waals surface area contributed by atoms with E-state index in [1.54, 1.807) is 36.4 Å². The second-order valence-electron chi connectivity index (χ2n) is 6.52. The highest BCUT2D eigenvalue weighted by Crippen LogP contribution is 2.22. The number of carbonyl (C=O) groups is 2. The minimum absolute atomic E-state index is 0.0462. The van der Waals surface area contributed by atoms with Gasteiger partial charge in [0, 0.05) is 5.56 Å². The van der Waals surface area contributed by atoms with Crippen LogP contribution in [0.3, 0.4) is 0 Å². The second kappa shape index (κ2) is 7.30. The molecule has 2 aliphatic rings. The van der Waals surface area contributed by atoms with E-state index in [4.69, 9.17) is 4.52 Å². The van der Waals surface area contributed by atoms with Gasteiger partial charge in [-0.15, -0.1) is 0 Å². The normalized spacial score (nSPS) is 18.8. The molecule has 2 heterocycles. The lowest BCUT2D eigenvalue weighted by Gasteiger charge is -2.26. The molecule has 0 fully saturated rings. The minimum atomic E-state index is -0.506. The first kappa shape index (κ1) is 18.0. The number of hydrogen-bond donors (Lipinski definition) is 0. The van der Waals surface area contributed by atoms with Gasteiger partial charge in [-0.2, -0.15) is 19.3 Å². The Morgan fingerprint density at radius 2 is 2.00 bits per heavy atom. The number of aromatic nitrogens is 2. The van der Waals surface area contributed by atoms with Crippen molar-refractivity contribution in [2.45, 2.75) is 19.9 Å². The van der Waals surface area contributed by atoms with Crippen molar-refractivity contribution in [3.05, 3.63) is 60.3 Å². The smallest absolute Gasteiger partial charge is 0.335 e. The van der Waals surface area contributed by atoms with Gasteiger partial charge in [0.25, 0.3) is 5.89 Å². The molecule has 0 radical (unpaired) electrons. The quantitative estimate of drug-likeness (QED) is 0.744. The molecule has 0 spiro atoms. The van der Waals surface area contributed by atoms with Crippen LogP contribution in [-0.4, -0.2) is 43.8 Å². The predicted molar refractivity (Wildman–Crippen MR) is 97.8 cm³/mol. The molecule has 8 heteroatoms. The first-order valence-corrected chi connectivity index (χ1v) is 9.01. The molecular weight excluding hydrogens is 363 g/mol. The maximum atomic E-state index is 13.1. The number of allylic oxidation sites excluding steroid dienone is 3. The molecule has 0 bridgehead atoms. The lowest BCUT2D eigenvalue weighted by atomic mass is 9.94. The molecule has 1 aromatic heterocycles. The van der Waals surface area contributed by atoms with Gasteiger partial charge in [0.1, 0.15) is 17.4 Å². The monoisotopic (exact) mass is 381 g/mol. The molecule has 1 atom stereocenters. The fourth-order valence-electron chi connectivity index (χ4n) is 3.28. The molecule has 3 amide bonds. The number of benzene rings is 1. The Hall–Kier alpha value is -3.42. The van der Waals surface area contributed by atoms with E-state index in [2.05, 4.69) is 10.1 Å². The van der Waals surface area contributed by atoms with Gasteiger partial charge in [-0.25, -0.2) is 9.18 Å². The highest BCUT2D eigenvalue weighted by atomic mass is 19.1. The first-order chi connectivity index (χ1) is 13.6. The molecule has 1 unspecified atom stereocenters. The highest BCUT2D eigenvalue weighted by molar-refractivity contribution is 6.16. The maximum Gasteiger partial charge on any atom is 0.501 e. The zero-order valence-corrected chi connectivity index (χ0v) is 15.2. The summed E-state index contributed by atoms with van der Waals surface area (Å²) in [5.41, 5.74) is 1.20. The Morgan fingerprint density at radius 3 is 2.75 bits per heavy atom. The summed E-state index contributed by atoms with van der Waals surface area (Å²) in [5, 5.41) is 3.91. The summed E-state index contributed by atoms with van der Waals surface area (Å²) in [6.07, 6.45) is 7.77. The van der Waals surface area contributed by atoms with Gasteiger partial charge in [0.15, 0.2) is 6.54 Å². The summed E-state index contributed by atoms with van der Waals surface area (Å²) >= 11 is 0. The molecule has 0 N–H and O–H groups in total. The van der Waals surface area contributed by atoms with Crippen LogP contribution in [0.5, 0.6) is 0 Å². The number of hydrogen-bond acceptors (Lipinski definition) is 5. The van der Waals surface area contributed by atoms with Gasteiger partial charge >= 0.3 is 11.9 Å². The van der Waals surface area contributed by atoms with Crippen LogP contribution in [0.25, 0.3) is 11.4 Å². The lowest BCUT2D eigenvalue weighted by Crippen LogP contribution is -2.54. The molecule has 7 nitrogen and oxygen atoms in total. The molecule has 28 heavy (non-hydrogen) atoms. The van der Waals surface area contributed by atoms with Crippen LogP contribution in [0.2, 0.25) is 0 Å². The maximum absolute atomic E-state index is 13.1. The number of rotatable bonds is 5. The van der Waals surface area contributed by atoms with Crippen molar-refractivity contribution in [3.63, 3.8) is 0 Å². The van der Waals surface area contributed by atoms with Crippen LogP contribution < -0.4 is 0 Å². The lowest BCUT2D eigenvalue weighted by molar-refractivity contribution is -0.460. The van der Waals surface area contributed by atoms with Gasteiger partial charge < -0.3 is 4.52 Å². The molecule has 4 rings (SSSR count). The Morgan fingerprint density at radius 1 is 1.21 bits per heavy atom. The molecule has 0 saturated carbocycles. The van der Waals surface area contributed by atoms with Crippen LogP contribution in [0.1, 0.15) is 19.2 Å². The largest absolute Gasteiger partial charge is 0.501 e. The summed E-state index contributed by atoms with van der Waals surface area (Å²) in [4.78, 5) is 31.2. The SMILES string of the molecule is CCCN1C(=O)C2C=CC=CC2=[N+](Cc2nc(-c3ccc(F)cc3)no2)C1=O. The average molecular weight is 381 g/mol. The van der Waals surface area contributed by atoms with E-state index < -0.39 is 11.9 Å². The number of amides is 3. The standard InChI is InChI=1S/C20H18FN4O3/c1-2-11-24-19(26)15-5-3-4-6-16(15)25(20(24)27)12-17-22-18(23-28-17)13-7-9-14(21)10-8-13/h3-10,15H,2,11-12H2,1H3/q+1. The number of halogens is 1. The summed E-state index contributed by atoms with van der Waals surface area (Å²) in [6.45, 7) is 2.30. The Bertz CT molecular complexity index is 1020. The van der Waals surface area contributed by atoms with Crippen molar-refractivity contribution in [2.24, 2.45) is 5.92 Å². The zero-order chi connectivity index (χ0) is 19.7. The van der Waals surface area contributed by atoms with Crippen molar-refractivity contribution in [1.82, 2.24) is 15.0 Å². The summed E-state index contributed by atoms with van der Waals surface area (Å²) in [7, 11) is 0. The van der Waals surface area contributed by atoms with Gasteiger partial charge in [-0.1, -0.05) is 30.3 Å². The van der Waals surface area contributed by atoms with Crippen molar-refractivity contribution in [3.8, 4) is 11.4 Å². The van der Waals surface area contributed by atoms with Gasteiger partial charge in [-0.3, -0.25) is 0 Å². The molecule has 1 aromatic carbocycles. The van der Waals surface area contributed by atoms with E-state index in [0.717, 1.165) is 0 Å². The second-order valence-corrected chi connectivity index (χ2v) is 6.52. The zero-order valence-electron chi connectivity index (χ0n) is 15.2. The van der Waals surface area contributed by atoms with Gasteiger partial charge in [0.2, 0.25) is 5.82 Å². The molecule has 142 valence electrons. The third-order valence-electron chi connectivity index (χ3n) is 4.62. The van der Waals surface area contributed by atoms with Crippen LogP contribution >= 0.6 is 0 Å². The molecular formula is C20H18FN4O3+. The number of carbonyl (C=O) groups excluding carboxylic acids is 2. The van der Waals surface area contributed by atoms with E-state index in [9.17, 15) is 14.0 Å². The van der Waals surface area contributed by atoms with Crippen LogP contribution in [0.4, 0.5) is 9.18 Å². The Labute approximate surface area is 160 Å². The summed E-state index contributed by atoms with van der Waals surface area (Å²) < 4.78 is 19.9. The van der Waals surface area contributed by atoms with E-state index in [1.807, 2.05) is 6.92 Å². The van der Waals surface area contributed by atoms with Crippen molar-refractivity contribution >= 4 is 17.6 Å². The van der Waals surface area contributed by atoms with Gasteiger partial charge in [-0.05, 0) is 36.8 Å². The van der Waals surface area contributed by atoms with E-state index in [0.29, 0.717) is 30.1 Å². The molecule has 0 saturated heterocycles. The fourth-order valence-corrected chi connectivity index (χ4v) is 3.28. The third-order valence-corrected chi connectivity index (χ3v) is 4.62. The summed E-state index contributed by atoms with van der Waals surface area (Å²) in [5.74, 6) is -0.550. The van der Waals surface area contributed by atoms with Crippen molar-refractivity contribution in [2.75, 3.05) is 6.54 Å². The van der Waals surface area contributed by atoms with E-state index >= 15 is 0 Å². The number of imide groups is 1. The molecule has 2 aromatic rings. The fraction of sp³-hybridized carbons (Fsp3) is 0.250. The Balaban J connectivity index is 1.66. The first-order valence-electron chi connectivity index (χ1n) is 9.01. The van der Waals surface area contributed by atoms with Gasteiger partial charge in [0.05, 0.1) is 6.54 Å². The minimum Gasteiger partial charge on any atom is -0.335 e. The average Bonchev–Trinajstić information content (AvgIpc) is 3.18. The number of urea groups is 1. The third kappa shape index (κ3) is 3.17. The van der Waals surface area contributed by atoms with E-state index in [-0.39, 0.29) is 24.2 Å².